The third-order valence-electron chi connectivity index (χ3n) is 3.89. The number of carbonyl (C=O) groups is 2. The van der Waals surface area contributed by atoms with Crippen molar-refractivity contribution >= 4 is 12.6 Å². The van der Waals surface area contributed by atoms with Crippen molar-refractivity contribution in [1.82, 2.24) is 0 Å². The Kier molecular flexibility index (Phi) is 8.32. The molecule has 144 valence electrons. The zero-order chi connectivity index (χ0) is 19.5. The van der Waals surface area contributed by atoms with Crippen LogP contribution in [-0.2, 0) is 27.2 Å². The molecule has 0 aliphatic carbocycles. The fourth-order valence-corrected chi connectivity index (χ4v) is 2.55. The lowest BCUT2D eigenvalue weighted by molar-refractivity contribution is -0.108. The van der Waals surface area contributed by atoms with E-state index in [0.717, 1.165) is 23.7 Å². The van der Waals surface area contributed by atoms with Crippen molar-refractivity contribution in [2.45, 2.75) is 25.7 Å². The van der Waals surface area contributed by atoms with E-state index in [1.54, 1.807) is 26.4 Å². The number of aldehydes is 2. The van der Waals surface area contributed by atoms with Gasteiger partial charge in [0.05, 0.1) is 7.11 Å². The number of methoxy groups -OCH3 is 2. The van der Waals surface area contributed by atoms with Gasteiger partial charge in [0.1, 0.15) is 12.6 Å². The Morgan fingerprint density at radius 3 is 1.93 bits per heavy atom. The highest BCUT2D eigenvalue weighted by molar-refractivity contribution is 5.53. The predicted octanol–water partition coefficient (Wildman–Crippen LogP) is 3.73. The Labute approximate surface area is 159 Å². The number of hydrogen-bond donors (Lipinski definition) is 0. The third-order valence-corrected chi connectivity index (χ3v) is 3.89. The van der Waals surface area contributed by atoms with Crippen molar-refractivity contribution < 1.29 is 28.5 Å². The van der Waals surface area contributed by atoms with Gasteiger partial charge in [-0.3, -0.25) is 0 Å². The van der Waals surface area contributed by atoms with Crippen LogP contribution in [0.25, 0.3) is 0 Å². The molecule has 0 N–H and O–H groups in total. The Morgan fingerprint density at radius 2 is 1.37 bits per heavy atom. The molecule has 6 nitrogen and oxygen atoms in total. The van der Waals surface area contributed by atoms with Crippen LogP contribution in [0, 0.1) is 0 Å². The molecule has 0 aromatic heterocycles. The summed E-state index contributed by atoms with van der Waals surface area (Å²) in [4.78, 5) is 21.2. The van der Waals surface area contributed by atoms with E-state index >= 15 is 0 Å². The van der Waals surface area contributed by atoms with Crippen molar-refractivity contribution in [1.29, 1.82) is 0 Å². The van der Waals surface area contributed by atoms with Gasteiger partial charge in [0.25, 0.3) is 0 Å². The first-order valence-corrected chi connectivity index (χ1v) is 8.68. The summed E-state index contributed by atoms with van der Waals surface area (Å²) in [7, 11) is 3.11. The highest BCUT2D eigenvalue weighted by Crippen LogP contribution is 2.38. The fraction of sp³-hybridized carbons (Fsp3) is 0.333. The van der Waals surface area contributed by atoms with Gasteiger partial charge in [-0.15, -0.1) is 0 Å². The number of hydrogen-bond acceptors (Lipinski definition) is 6. The molecule has 27 heavy (non-hydrogen) atoms. The minimum absolute atomic E-state index is 0.0891. The average molecular weight is 372 g/mol. The van der Waals surface area contributed by atoms with Crippen molar-refractivity contribution in [2.75, 3.05) is 21.0 Å². The van der Waals surface area contributed by atoms with Gasteiger partial charge in [0, 0.05) is 20.0 Å². The average Bonchev–Trinajstić information content (AvgIpc) is 2.70. The largest absolute Gasteiger partial charge is 0.493 e. The predicted molar refractivity (Wildman–Crippen MR) is 101 cm³/mol. The van der Waals surface area contributed by atoms with E-state index in [0.29, 0.717) is 48.7 Å². The Morgan fingerprint density at radius 1 is 0.778 bits per heavy atom. The maximum absolute atomic E-state index is 10.6. The molecule has 0 aliphatic rings. The Bertz CT molecular complexity index is 756. The second kappa shape index (κ2) is 11.0. The van der Waals surface area contributed by atoms with Crippen LogP contribution in [0.1, 0.15) is 24.0 Å². The summed E-state index contributed by atoms with van der Waals surface area (Å²) in [6, 6.07) is 11.1. The second-order valence-corrected chi connectivity index (χ2v) is 5.83. The first-order chi connectivity index (χ1) is 13.2. The van der Waals surface area contributed by atoms with Gasteiger partial charge in [-0.05, 0) is 48.2 Å². The van der Waals surface area contributed by atoms with Crippen LogP contribution in [-0.4, -0.2) is 33.6 Å². The van der Waals surface area contributed by atoms with E-state index in [4.69, 9.17) is 18.9 Å². The topological polar surface area (TPSA) is 71.1 Å². The van der Waals surface area contributed by atoms with Gasteiger partial charge < -0.3 is 28.5 Å². The minimum atomic E-state index is 0.0891. The van der Waals surface area contributed by atoms with Gasteiger partial charge in [-0.1, -0.05) is 12.1 Å². The number of rotatable bonds is 12. The zero-order valence-corrected chi connectivity index (χ0v) is 15.6. The third kappa shape index (κ3) is 6.11. The fourth-order valence-electron chi connectivity index (χ4n) is 2.55. The van der Waals surface area contributed by atoms with Gasteiger partial charge in [0.2, 0.25) is 0 Å². The molecule has 0 saturated heterocycles. The molecule has 6 heteroatoms. The summed E-state index contributed by atoms with van der Waals surface area (Å²) in [6.45, 7) is 0.0891. The minimum Gasteiger partial charge on any atom is -0.493 e. The molecule has 0 aliphatic heterocycles. The standard InChI is InChI=1S/C21H24O6/c1-24-15-26-18-9-7-17(6-4-12-23)14-21(18)27-19-10-8-16(5-3-11-22)13-20(19)25-2/h7-14H,3-6,15H2,1-2H3. The van der Waals surface area contributed by atoms with E-state index in [1.807, 2.05) is 24.3 Å². The van der Waals surface area contributed by atoms with Crippen LogP contribution in [0.4, 0.5) is 0 Å². The molecule has 0 amide bonds. The van der Waals surface area contributed by atoms with Crippen LogP contribution in [0.2, 0.25) is 0 Å². The van der Waals surface area contributed by atoms with E-state index in [1.165, 1.54) is 0 Å². The lowest BCUT2D eigenvalue weighted by Crippen LogP contribution is -2.02. The van der Waals surface area contributed by atoms with Crippen LogP contribution >= 0.6 is 0 Å². The quantitative estimate of drug-likeness (QED) is 0.418. The van der Waals surface area contributed by atoms with Gasteiger partial charge >= 0.3 is 0 Å². The monoisotopic (exact) mass is 372 g/mol. The molecular formula is C21H24O6. The number of ether oxygens (including phenoxy) is 4. The summed E-state index contributed by atoms with van der Waals surface area (Å²) < 4.78 is 22.0. The maximum Gasteiger partial charge on any atom is 0.188 e. The Hall–Kier alpha value is -2.86. The van der Waals surface area contributed by atoms with Crippen molar-refractivity contribution in [2.24, 2.45) is 0 Å². The van der Waals surface area contributed by atoms with Crippen molar-refractivity contribution in [3.05, 3.63) is 47.5 Å². The molecule has 0 fully saturated rings. The number of aryl methyl sites for hydroxylation is 2. The highest BCUT2D eigenvalue weighted by atomic mass is 16.7. The normalized spacial score (nSPS) is 10.3. The molecule has 0 spiro atoms. The van der Waals surface area contributed by atoms with Crippen LogP contribution in [0.15, 0.2) is 36.4 Å². The molecule has 0 saturated carbocycles. The molecule has 0 heterocycles. The van der Waals surface area contributed by atoms with Crippen LogP contribution in [0.3, 0.4) is 0 Å². The molecule has 2 rings (SSSR count). The highest BCUT2D eigenvalue weighted by Gasteiger charge is 2.12. The molecule has 0 bridgehead atoms. The molecule has 0 radical (unpaired) electrons. The lowest BCUT2D eigenvalue weighted by Gasteiger charge is -2.16. The molecular weight excluding hydrogens is 348 g/mol. The second-order valence-electron chi connectivity index (χ2n) is 5.83. The molecule has 2 aromatic rings. The summed E-state index contributed by atoms with van der Waals surface area (Å²) in [5.41, 5.74) is 1.95. The SMILES string of the molecule is COCOc1ccc(CCC=O)cc1Oc1ccc(CCC=O)cc1OC. The smallest absolute Gasteiger partial charge is 0.188 e. The Balaban J connectivity index is 2.29. The van der Waals surface area contributed by atoms with Gasteiger partial charge in [-0.25, -0.2) is 0 Å². The van der Waals surface area contributed by atoms with E-state index < -0.39 is 0 Å². The number of benzene rings is 2. The van der Waals surface area contributed by atoms with E-state index in [2.05, 4.69) is 0 Å². The summed E-state index contributed by atoms with van der Waals surface area (Å²) >= 11 is 0. The maximum atomic E-state index is 10.6. The van der Waals surface area contributed by atoms with Crippen molar-refractivity contribution in [3.8, 4) is 23.0 Å². The summed E-state index contributed by atoms with van der Waals surface area (Å²) in [5, 5.41) is 0. The van der Waals surface area contributed by atoms with Crippen LogP contribution < -0.4 is 14.2 Å². The zero-order valence-electron chi connectivity index (χ0n) is 15.6. The first-order valence-electron chi connectivity index (χ1n) is 8.68. The molecule has 0 unspecified atom stereocenters. The van der Waals surface area contributed by atoms with Crippen molar-refractivity contribution in [3.63, 3.8) is 0 Å². The lowest BCUT2D eigenvalue weighted by atomic mass is 10.1. The number of carbonyl (C=O) groups excluding carboxylic acids is 2. The van der Waals surface area contributed by atoms with Gasteiger partial charge in [0.15, 0.2) is 29.8 Å². The molecule has 2 aromatic carbocycles. The van der Waals surface area contributed by atoms with E-state index in [9.17, 15) is 9.59 Å². The summed E-state index contributed by atoms with van der Waals surface area (Å²) in [6.07, 6.45) is 3.93. The van der Waals surface area contributed by atoms with E-state index in [-0.39, 0.29) is 6.79 Å². The molecule has 0 atom stereocenters. The van der Waals surface area contributed by atoms with Gasteiger partial charge in [-0.2, -0.15) is 0 Å². The first kappa shape index (κ1) is 20.5. The summed E-state index contributed by atoms with van der Waals surface area (Å²) in [5.74, 6) is 2.13. The van der Waals surface area contributed by atoms with Crippen LogP contribution in [0.5, 0.6) is 23.0 Å².